The molecule has 1 fully saturated rings. The average molecular weight is 516 g/mol. The van der Waals surface area contributed by atoms with Crippen LogP contribution < -0.4 is 10.6 Å². The number of hydrogen-bond acceptors (Lipinski definition) is 3. The molecule has 7 heteroatoms. The number of likely N-dealkylation sites (tertiary alicyclic amines) is 1. The van der Waals surface area contributed by atoms with Gasteiger partial charge in [-0.05, 0) is 67.9 Å². The molecule has 0 amide bonds. The van der Waals surface area contributed by atoms with E-state index in [9.17, 15) is 4.39 Å². The Labute approximate surface area is 188 Å². The van der Waals surface area contributed by atoms with Crippen LogP contribution in [0.1, 0.15) is 34.9 Å². The van der Waals surface area contributed by atoms with E-state index in [2.05, 4.69) is 45.1 Å². The second kappa shape index (κ2) is 11.1. The third-order valence-electron chi connectivity index (χ3n) is 5.29. The average Bonchev–Trinajstić information content (AvgIpc) is 3.19. The summed E-state index contributed by atoms with van der Waals surface area (Å²) < 4.78 is 13.7. The molecular formula is C21H30FIN4S. The molecule has 0 bridgehead atoms. The van der Waals surface area contributed by atoms with Crippen LogP contribution in [0.4, 0.5) is 4.39 Å². The molecule has 1 aromatic heterocycles. The molecule has 2 unspecified atom stereocenters. The van der Waals surface area contributed by atoms with E-state index in [1.807, 2.05) is 23.5 Å². The third-order valence-corrected chi connectivity index (χ3v) is 6.24. The maximum Gasteiger partial charge on any atom is 0.191 e. The zero-order valence-corrected chi connectivity index (χ0v) is 19.9. The topological polar surface area (TPSA) is 39.7 Å². The Balaban J connectivity index is 0.00000280. The van der Waals surface area contributed by atoms with Crippen LogP contribution in [0.25, 0.3) is 0 Å². The van der Waals surface area contributed by atoms with Crippen LogP contribution in [0.15, 0.2) is 40.7 Å². The van der Waals surface area contributed by atoms with Crippen LogP contribution >= 0.6 is 35.3 Å². The summed E-state index contributed by atoms with van der Waals surface area (Å²) in [7, 11) is 3.99. The zero-order valence-electron chi connectivity index (χ0n) is 16.7. The first-order valence-corrected chi connectivity index (χ1v) is 10.4. The Bertz CT molecular complexity index is 766. The van der Waals surface area contributed by atoms with Gasteiger partial charge in [0.2, 0.25) is 0 Å². The van der Waals surface area contributed by atoms with Gasteiger partial charge in [0.15, 0.2) is 5.96 Å². The lowest BCUT2D eigenvalue weighted by Gasteiger charge is -2.39. The van der Waals surface area contributed by atoms with E-state index >= 15 is 0 Å². The first-order valence-electron chi connectivity index (χ1n) is 9.51. The number of rotatable bonds is 5. The van der Waals surface area contributed by atoms with Crippen molar-refractivity contribution in [1.82, 2.24) is 15.5 Å². The quantitative estimate of drug-likeness (QED) is 0.348. The minimum absolute atomic E-state index is 0. The molecule has 2 aromatic rings. The molecule has 0 aliphatic carbocycles. The Kier molecular flexibility index (Phi) is 9.17. The van der Waals surface area contributed by atoms with Gasteiger partial charge in [-0.25, -0.2) is 4.39 Å². The highest BCUT2D eigenvalue weighted by molar-refractivity contribution is 14.0. The van der Waals surface area contributed by atoms with Crippen molar-refractivity contribution in [3.8, 4) is 0 Å². The summed E-state index contributed by atoms with van der Waals surface area (Å²) in [6.07, 6.45) is 2.43. The van der Waals surface area contributed by atoms with Crippen LogP contribution in [0.2, 0.25) is 0 Å². The highest BCUT2D eigenvalue weighted by Gasteiger charge is 2.31. The van der Waals surface area contributed by atoms with Crippen LogP contribution in [0.3, 0.4) is 0 Å². The smallest absolute Gasteiger partial charge is 0.191 e. The second-order valence-electron chi connectivity index (χ2n) is 7.23. The van der Waals surface area contributed by atoms with Gasteiger partial charge in [-0.3, -0.25) is 9.89 Å². The fourth-order valence-electron chi connectivity index (χ4n) is 3.76. The Morgan fingerprint density at radius 2 is 2.14 bits per heavy atom. The summed E-state index contributed by atoms with van der Waals surface area (Å²) in [6, 6.07) is 10.2. The molecule has 2 N–H and O–H groups in total. The Hall–Kier alpha value is -1.19. The highest BCUT2D eigenvalue weighted by Crippen LogP contribution is 2.36. The predicted molar refractivity (Wildman–Crippen MR) is 127 cm³/mol. The summed E-state index contributed by atoms with van der Waals surface area (Å²) in [4.78, 5) is 8.22. The van der Waals surface area contributed by atoms with E-state index in [1.54, 1.807) is 20.0 Å². The summed E-state index contributed by atoms with van der Waals surface area (Å²) in [5.74, 6) is 1.13. The Morgan fingerprint density at radius 1 is 1.32 bits per heavy atom. The van der Waals surface area contributed by atoms with Gasteiger partial charge >= 0.3 is 0 Å². The fourth-order valence-corrected chi connectivity index (χ4v) is 4.75. The number of guanidine groups is 1. The van der Waals surface area contributed by atoms with Gasteiger partial charge in [-0.15, -0.1) is 35.3 Å². The molecule has 2 atom stereocenters. The van der Waals surface area contributed by atoms with Crippen LogP contribution in [0.5, 0.6) is 0 Å². The van der Waals surface area contributed by atoms with Gasteiger partial charge in [0.05, 0.1) is 0 Å². The van der Waals surface area contributed by atoms with E-state index < -0.39 is 0 Å². The molecule has 2 heterocycles. The molecule has 1 aromatic carbocycles. The van der Waals surface area contributed by atoms with Crippen LogP contribution in [-0.2, 0) is 6.54 Å². The molecule has 1 aliphatic heterocycles. The minimum atomic E-state index is -0.165. The van der Waals surface area contributed by atoms with E-state index in [0.29, 0.717) is 24.1 Å². The molecule has 154 valence electrons. The lowest BCUT2D eigenvalue weighted by Crippen LogP contribution is -2.44. The van der Waals surface area contributed by atoms with Crippen molar-refractivity contribution in [1.29, 1.82) is 0 Å². The molecule has 0 radical (unpaired) electrons. The number of halogens is 2. The van der Waals surface area contributed by atoms with Gasteiger partial charge < -0.3 is 10.6 Å². The normalized spacial score (nSPS) is 20.5. The number of thiophene rings is 1. The second-order valence-corrected chi connectivity index (χ2v) is 8.21. The maximum atomic E-state index is 13.7. The summed E-state index contributed by atoms with van der Waals surface area (Å²) in [6.45, 7) is 4.34. The molecule has 4 nitrogen and oxygen atoms in total. The zero-order chi connectivity index (χ0) is 19.2. The number of nitrogens with zero attached hydrogens (tertiary/aromatic N) is 2. The lowest BCUT2D eigenvalue weighted by molar-refractivity contribution is 0.125. The van der Waals surface area contributed by atoms with Crippen molar-refractivity contribution in [3.63, 3.8) is 0 Å². The van der Waals surface area contributed by atoms with Crippen molar-refractivity contribution >= 4 is 41.3 Å². The van der Waals surface area contributed by atoms with Crippen molar-refractivity contribution in [3.05, 3.63) is 57.5 Å². The number of aryl methyl sites for hydroxylation is 1. The Morgan fingerprint density at radius 3 is 2.82 bits per heavy atom. The number of benzene rings is 1. The van der Waals surface area contributed by atoms with Crippen LogP contribution in [0, 0.1) is 18.7 Å². The standard InChI is InChI=1S/C21H29FN4S.HI/c1-15-8-9-16(12-18(15)22)13-24-21(23-2)25-14-17-6-4-10-26(3)20(17)19-7-5-11-27-19;/h5,7-9,11-12,17,20H,4,6,10,13-14H2,1-3H3,(H2,23,24,25);1H. The van der Waals surface area contributed by atoms with Gasteiger partial charge in [0, 0.05) is 31.1 Å². The number of nitrogens with one attached hydrogen (secondary N) is 2. The van der Waals surface area contributed by atoms with Crippen molar-refractivity contribution < 1.29 is 4.39 Å². The first-order chi connectivity index (χ1) is 13.1. The third kappa shape index (κ3) is 5.90. The van der Waals surface area contributed by atoms with E-state index in [4.69, 9.17) is 0 Å². The molecule has 0 spiro atoms. The lowest BCUT2D eigenvalue weighted by atomic mass is 9.88. The molecule has 28 heavy (non-hydrogen) atoms. The monoisotopic (exact) mass is 516 g/mol. The molecule has 1 saturated heterocycles. The first kappa shape index (κ1) is 23.1. The van der Waals surface area contributed by atoms with Crippen molar-refractivity contribution in [2.75, 3.05) is 27.2 Å². The van der Waals surface area contributed by atoms with Gasteiger partial charge in [-0.2, -0.15) is 0 Å². The molecular weight excluding hydrogens is 486 g/mol. The largest absolute Gasteiger partial charge is 0.356 e. The molecule has 1 aliphatic rings. The highest BCUT2D eigenvalue weighted by atomic mass is 127. The predicted octanol–water partition coefficient (Wildman–Crippen LogP) is 4.56. The fraction of sp³-hybridized carbons (Fsp3) is 0.476. The van der Waals surface area contributed by atoms with Crippen molar-refractivity contribution in [2.45, 2.75) is 32.4 Å². The van der Waals surface area contributed by atoms with Gasteiger partial charge in [-0.1, -0.05) is 18.2 Å². The summed E-state index contributed by atoms with van der Waals surface area (Å²) >= 11 is 1.84. The number of hydrogen-bond donors (Lipinski definition) is 2. The van der Waals surface area contributed by atoms with E-state index in [0.717, 1.165) is 24.6 Å². The van der Waals surface area contributed by atoms with E-state index in [1.165, 1.54) is 17.7 Å². The number of piperidine rings is 1. The minimum Gasteiger partial charge on any atom is -0.356 e. The van der Waals surface area contributed by atoms with Crippen LogP contribution in [-0.4, -0.2) is 38.0 Å². The summed E-state index contributed by atoms with van der Waals surface area (Å²) in [5.41, 5.74) is 1.58. The molecule has 3 rings (SSSR count). The SMILES string of the molecule is CN=C(NCc1ccc(C)c(F)c1)NCC1CCCN(C)C1c1cccs1.I. The van der Waals surface area contributed by atoms with Gasteiger partial charge in [0.25, 0.3) is 0 Å². The van der Waals surface area contributed by atoms with Crippen molar-refractivity contribution in [2.24, 2.45) is 10.9 Å². The van der Waals surface area contributed by atoms with Gasteiger partial charge in [0.1, 0.15) is 5.82 Å². The van der Waals surface area contributed by atoms with E-state index in [-0.39, 0.29) is 29.8 Å². The number of aliphatic imine (C=N–C) groups is 1. The summed E-state index contributed by atoms with van der Waals surface area (Å²) in [5, 5.41) is 8.92. The maximum absolute atomic E-state index is 13.7. The molecule has 0 saturated carbocycles.